The molecule has 134 valence electrons. The Bertz CT molecular complexity index is 940. The Labute approximate surface area is 152 Å². The Kier molecular flexibility index (Phi) is 4.17. The molecule has 0 bridgehead atoms. The third-order valence-electron chi connectivity index (χ3n) is 3.70. The summed E-state index contributed by atoms with van der Waals surface area (Å²) in [6.45, 7) is 1.94. The van der Waals surface area contributed by atoms with Crippen molar-refractivity contribution < 1.29 is 18.7 Å². The number of ether oxygens (including phenoxy) is 2. The molecule has 3 N–H and O–H groups in total. The van der Waals surface area contributed by atoms with Gasteiger partial charge in [-0.3, -0.25) is 4.79 Å². The molecule has 1 amide bonds. The van der Waals surface area contributed by atoms with Gasteiger partial charge in [-0.15, -0.1) is 10.2 Å². The van der Waals surface area contributed by atoms with Gasteiger partial charge in [-0.1, -0.05) is 11.8 Å². The van der Waals surface area contributed by atoms with Gasteiger partial charge in [0, 0.05) is 11.8 Å². The van der Waals surface area contributed by atoms with Crippen molar-refractivity contribution in [2.45, 2.75) is 17.3 Å². The number of nitrogens with zero attached hydrogens (tertiary/aromatic N) is 3. The van der Waals surface area contributed by atoms with Crippen LogP contribution in [0.5, 0.6) is 11.5 Å². The number of amides is 1. The summed E-state index contributed by atoms with van der Waals surface area (Å²) in [5, 5.41) is 10.8. The normalized spacial score (nSPS) is 13.6. The molecule has 0 saturated carbocycles. The number of nitrogens with two attached hydrogens (primary N) is 1. The highest BCUT2D eigenvalue weighted by Gasteiger charge is 2.21. The first-order chi connectivity index (χ1) is 12.6. The van der Waals surface area contributed by atoms with Gasteiger partial charge in [0.15, 0.2) is 17.3 Å². The highest BCUT2D eigenvalue weighted by atomic mass is 32.2. The number of nitrogens with one attached hydrogen (secondary N) is 1. The van der Waals surface area contributed by atoms with Gasteiger partial charge in [0.1, 0.15) is 0 Å². The van der Waals surface area contributed by atoms with Crippen LogP contribution >= 0.6 is 11.8 Å². The molecule has 9 nitrogen and oxygen atoms in total. The molecule has 4 rings (SSSR count). The summed E-state index contributed by atoms with van der Waals surface area (Å²) >= 11 is 1.20. The van der Waals surface area contributed by atoms with Crippen molar-refractivity contribution in [2.75, 3.05) is 18.0 Å². The van der Waals surface area contributed by atoms with Gasteiger partial charge in [-0.2, -0.15) is 0 Å². The fraction of sp³-hybridized carbons (Fsp3) is 0.188. The van der Waals surface area contributed by atoms with Gasteiger partial charge < -0.3 is 25.1 Å². The zero-order chi connectivity index (χ0) is 18.1. The van der Waals surface area contributed by atoms with E-state index in [4.69, 9.17) is 19.7 Å². The number of hydrogen-bond acceptors (Lipinski definition) is 8. The SMILES string of the molecule is CC(Sc1nnc(-c2ccco2)n1N)C(=O)Nc1ccc2c(c1)OCO2. The van der Waals surface area contributed by atoms with Gasteiger partial charge in [0.25, 0.3) is 0 Å². The predicted octanol–water partition coefficient (Wildman–Crippen LogP) is 2.10. The lowest BCUT2D eigenvalue weighted by molar-refractivity contribution is -0.115. The van der Waals surface area contributed by atoms with Gasteiger partial charge >= 0.3 is 0 Å². The fourth-order valence-corrected chi connectivity index (χ4v) is 3.13. The number of fused-ring (bicyclic) bond motifs is 1. The highest BCUT2D eigenvalue weighted by Crippen LogP contribution is 2.34. The summed E-state index contributed by atoms with van der Waals surface area (Å²) in [6.07, 6.45) is 1.53. The zero-order valence-corrected chi connectivity index (χ0v) is 14.5. The van der Waals surface area contributed by atoms with Crippen molar-refractivity contribution in [3.05, 3.63) is 36.6 Å². The number of furan rings is 1. The first-order valence-electron chi connectivity index (χ1n) is 7.73. The van der Waals surface area contributed by atoms with E-state index in [2.05, 4.69) is 15.5 Å². The van der Waals surface area contributed by atoms with E-state index in [0.717, 1.165) is 0 Å². The van der Waals surface area contributed by atoms with Gasteiger partial charge in [0.05, 0.1) is 11.5 Å². The van der Waals surface area contributed by atoms with Gasteiger partial charge in [0.2, 0.25) is 23.7 Å². The molecule has 0 spiro atoms. The number of anilines is 1. The number of hydrogen-bond donors (Lipinski definition) is 2. The Morgan fingerprint density at radius 3 is 2.96 bits per heavy atom. The summed E-state index contributed by atoms with van der Waals surface area (Å²) in [7, 11) is 0. The minimum atomic E-state index is -0.448. The molecule has 1 atom stereocenters. The molecule has 0 fully saturated rings. The minimum Gasteiger partial charge on any atom is -0.461 e. The number of rotatable bonds is 5. The van der Waals surface area contributed by atoms with E-state index in [1.165, 1.54) is 22.7 Å². The predicted molar refractivity (Wildman–Crippen MR) is 94.4 cm³/mol. The number of nitrogen functional groups attached to an aromatic ring is 1. The Morgan fingerprint density at radius 1 is 1.31 bits per heavy atom. The van der Waals surface area contributed by atoms with Crippen LogP contribution in [0.4, 0.5) is 5.69 Å². The largest absolute Gasteiger partial charge is 0.461 e. The highest BCUT2D eigenvalue weighted by molar-refractivity contribution is 8.00. The fourth-order valence-electron chi connectivity index (χ4n) is 2.36. The molecule has 0 saturated heterocycles. The lowest BCUT2D eigenvalue weighted by atomic mass is 10.2. The van der Waals surface area contributed by atoms with Crippen LogP contribution in [0.15, 0.2) is 46.2 Å². The molecule has 1 aliphatic rings. The van der Waals surface area contributed by atoms with Gasteiger partial charge in [-0.25, -0.2) is 4.68 Å². The molecule has 26 heavy (non-hydrogen) atoms. The second kappa shape index (κ2) is 6.64. The number of aromatic nitrogens is 3. The number of benzene rings is 1. The minimum absolute atomic E-state index is 0.184. The van der Waals surface area contributed by atoms with E-state index < -0.39 is 5.25 Å². The first kappa shape index (κ1) is 16.3. The van der Waals surface area contributed by atoms with Crippen LogP contribution in [0.25, 0.3) is 11.6 Å². The number of thioether (sulfide) groups is 1. The lowest BCUT2D eigenvalue weighted by Crippen LogP contribution is -2.23. The maximum absolute atomic E-state index is 12.4. The smallest absolute Gasteiger partial charge is 0.237 e. The Hall–Kier alpha value is -3.14. The molecule has 0 radical (unpaired) electrons. The van der Waals surface area contributed by atoms with Crippen LogP contribution in [0.2, 0.25) is 0 Å². The maximum atomic E-state index is 12.4. The standard InChI is InChI=1S/C16H15N5O4S/c1-9(15(22)18-10-4-5-11-13(7-10)25-8-24-11)26-16-20-19-14(21(16)17)12-3-2-6-23-12/h2-7,9H,8,17H2,1H3,(H,18,22). The number of carbonyl (C=O) groups excluding carboxylic acids is 1. The van der Waals surface area contributed by atoms with Crippen molar-refractivity contribution in [1.29, 1.82) is 0 Å². The number of carbonyl (C=O) groups is 1. The molecule has 0 aliphatic carbocycles. The van der Waals surface area contributed by atoms with Crippen LogP contribution in [0.1, 0.15) is 6.92 Å². The average Bonchev–Trinajstić information content (AvgIpc) is 3.36. The Morgan fingerprint density at radius 2 is 2.15 bits per heavy atom. The summed E-state index contributed by atoms with van der Waals surface area (Å²) in [4.78, 5) is 12.4. The van der Waals surface area contributed by atoms with Crippen molar-refractivity contribution >= 4 is 23.4 Å². The van der Waals surface area contributed by atoms with E-state index in [9.17, 15) is 4.79 Å². The summed E-state index contributed by atoms with van der Waals surface area (Å²) in [6, 6.07) is 8.69. The molecule has 2 aromatic heterocycles. The molecular weight excluding hydrogens is 358 g/mol. The topological polar surface area (TPSA) is 117 Å². The molecule has 1 aliphatic heterocycles. The van der Waals surface area contributed by atoms with Crippen LogP contribution in [-0.2, 0) is 4.79 Å². The van der Waals surface area contributed by atoms with Crippen molar-refractivity contribution in [1.82, 2.24) is 14.9 Å². The van der Waals surface area contributed by atoms with Crippen LogP contribution in [-0.4, -0.2) is 32.8 Å². The van der Waals surface area contributed by atoms with Crippen molar-refractivity contribution in [3.8, 4) is 23.1 Å². The monoisotopic (exact) mass is 373 g/mol. The molecule has 3 heterocycles. The van der Waals surface area contributed by atoms with E-state index >= 15 is 0 Å². The third-order valence-corrected chi connectivity index (χ3v) is 4.75. The van der Waals surface area contributed by atoms with E-state index in [0.29, 0.717) is 33.9 Å². The molecule has 1 aromatic carbocycles. The average molecular weight is 373 g/mol. The molecule has 10 heteroatoms. The van der Waals surface area contributed by atoms with Crippen LogP contribution in [0.3, 0.4) is 0 Å². The molecule has 3 aromatic rings. The van der Waals surface area contributed by atoms with Crippen LogP contribution < -0.4 is 20.6 Å². The third kappa shape index (κ3) is 3.06. The van der Waals surface area contributed by atoms with E-state index in [-0.39, 0.29) is 12.7 Å². The van der Waals surface area contributed by atoms with Crippen molar-refractivity contribution in [2.24, 2.45) is 0 Å². The Balaban J connectivity index is 1.43. The molecule has 1 unspecified atom stereocenters. The summed E-state index contributed by atoms with van der Waals surface area (Å²) in [5.74, 6) is 7.97. The summed E-state index contributed by atoms with van der Waals surface area (Å²) in [5.41, 5.74) is 0.622. The quantitative estimate of drug-likeness (QED) is 0.516. The van der Waals surface area contributed by atoms with Crippen LogP contribution in [0, 0.1) is 0 Å². The van der Waals surface area contributed by atoms with Gasteiger partial charge in [-0.05, 0) is 31.2 Å². The van der Waals surface area contributed by atoms with Crippen molar-refractivity contribution in [3.63, 3.8) is 0 Å². The first-order valence-corrected chi connectivity index (χ1v) is 8.61. The second-order valence-electron chi connectivity index (χ2n) is 5.47. The molecular formula is C16H15N5O4S. The lowest BCUT2D eigenvalue weighted by Gasteiger charge is -2.11. The van der Waals surface area contributed by atoms with E-state index in [1.54, 1.807) is 37.3 Å². The summed E-state index contributed by atoms with van der Waals surface area (Å²) < 4.78 is 17.1. The second-order valence-corrected chi connectivity index (χ2v) is 6.78. The van der Waals surface area contributed by atoms with E-state index in [1.807, 2.05) is 0 Å². The zero-order valence-electron chi connectivity index (χ0n) is 13.7. The maximum Gasteiger partial charge on any atom is 0.237 e.